The summed E-state index contributed by atoms with van der Waals surface area (Å²) in [7, 11) is 0. The lowest BCUT2D eigenvalue weighted by Crippen LogP contribution is -2.19. The van der Waals surface area contributed by atoms with Crippen molar-refractivity contribution in [1.29, 1.82) is 0 Å². The topological polar surface area (TPSA) is 38.3 Å². The molecule has 1 aliphatic rings. The third-order valence-corrected chi connectivity index (χ3v) is 3.80. The van der Waals surface area contributed by atoms with Gasteiger partial charge in [-0.05, 0) is 49.1 Å². The van der Waals surface area contributed by atoms with Gasteiger partial charge in [0.1, 0.15) is 0 Å². The monoisotopic (exact) mass is 281 g/mol. The van der Waals surface area contributed by atoms with Crippen molar-refractivity contribution in [2.24, 2.45) is 0 Å². The van der Waals surface area contributed by atoms with Crippen LogP contribution in [0.3, 0.4) is 0 Å². The van der Waals surface area contributed by atoms with Crippen molar-refractivity contribution in [3.05, 3.63) is 65.2 Å². The van der Waals surface area contributed by atoms with E-state index in [1.807, 2.05) is 25.1 Å². The molecule has 0 radical (unpaired) electrons. The lowest BCUT2D eigenvalue weighted by molar-refractivity contribution is 0.0526. The van der Waals surface area contributed by atoms with Crippen LogP contribution < -0.4 is 5.32 Å². The molecule has 1 aliphatic carbocycles. The molecule has 3 nitrogen and oxygen atoms in total. The fourth-order valence-corrected chi connectivity index (χ4v) is 2.85. The van der Waals surface area contributed by atoms with E-state index >= 15 is 0 Å². The minimum Gasteiger partial charge on any atom is -0.462 e. The van der Waals surface area contributed by atoms with Gasteiger partial charge in [0, 0.05) is 11.7 Å². The van der Waals surface area contributed by atoms with Crippen LogP contribution in [-0.2, 0) is 17.6 Å². The summed E-state index contributed by atoms with van der Waals surface area (Å²) in [4.78, 5) is 11.8. The van der Waals surface area contributed by atoms with Crippen molar-refractivity contribution in [2.75, 3.05) is 11.9 Å². The predicted octanol–water partition coefficient (Wildman–Crippen LogP) is 3.44. The predicted molar refractivity (Wildman–Crippen MR) is 83.7 cm³/mol. The molecule has 0 aliphatic heterocycles. The highest BCUT2D eigenvalue weighted by Gasteiger charge is 2.20. The molecule has 108 valence electrons. The number of carbonyl (C=O) groups excluding carboxylic acids is 1. The SMILES string of the molecule is CCOC(=O)c1cccc(NC2Cc3ccccc3C2)c1. The highest BCUT2D eigenvalue weighted by Crippen LogP contribution is 2.24. The number of fused-ring (bicyclic) bond motifs is 1. The van der Waals surface area contributed by atoms with Gasteiger partial charge >= 0.3 is 5.97 Å². The molecule has 3 heteroatoms. The van der Waals surface area contributed by atoms with Gasteiger partial charge in [0.15, 0.2) is 0 Å². The molecule has 3 rings (SSSR count). The number of rotatable bonds is 4. The Balaban J connectivity index is 1.69. The Labute approximate surface area is 124 Å². The minimum atomic E-state index is -0.268. The van der Waals surface area contributed by atoms with Crippen molar-refractivity contribution in [2.45, 2.75) is 25.8 Å². The van der Waals surface area contributed by atoms with E-state index in [1.165, 1.54) is 11.1 Å². The molecular weight excluding hydrogens is 262 g/mol. The van der Waals surface area contributed by atoms with E-state index in [-0.39, 0.29) is 5.97 Å². The first-order chi connectivity index (χ1) is 10.3. The van der Waals surface area contributed by atoms with E-state index in [2.05, 4.69) is 29.6 Å². The average molecular weight is 281 g/mol. The minimum absolute atomic E-state index is 0.268. The average Bonchev–Trinajstić information content (AvgIpc) is 2.90. The molecule has 1 N–H and O–H groups in total. The highest BCUT2D eigenvalue weighted by atomic mass is 16.5. The Bertz CT molecular complexity index is 626. The number of esters is 1. The number of hydrogen-bond acceptors (Lipinski definition) is 3. The lowest BCUT2D eigenvalue weighted by Gasteiger charge is -2.14. The summed E-state index contributed by atoms with van der Waals surface area (Å²) in [6, 6.07) is 16.5. The second-order valence-electron chi connectivity index (χ2n) is 5.32. The Morgan fingerprint density at radius 1 is 1.14 bits per heavy atom. The maximum Gasteiger partial charge on any atom is 0.338 e. The van der Waals surface area contributed by atoms with Gasteiger partial charge in [0.25, 0.3) is 0 Å². The second-order valence-corrected chi connectivity index (χ2v) is 5.32. The highest BCUT2D eigenvalue weighted by molar-refractivity contribution is 5.90. The zero-order valence-electron chi connectivity index (χ0n) is 12.1. The molecule has 0 aromatic heterocycles. The van der Waals surface area contributed by atoms with Gasteiger partial charge in [-0.2, -0.15) is 0 Å². The molecule has 0 fully saturated rings. The van der Waals surface area contributed by atoms with E-state index in [4.69, 9.17) is 4.74 Å². The molecule has 2 aromatic carbocycles. The van der Waals surface area contributed by atoms with E-state index < -0.39 is 0 Å². The van der Waals surface area contributed by atoms with Crippen molar-refractivity contribution in [1.82, 2.24) is 0 Å². The van der Waals surface area contributed by atoms with Gasteiger partial charge in [-0.3, -0.25) is 0 Å². The number of ether oxygens (including phenoxy) is 1. The van der Waals surface area contributed by atoms with Gasteiger partial charge < -0.3 is 10.1 Å². The van der Waals surface area contributed by atoms with Gasteiger partial charge in [-0.1, -0.05) is 30.3 Å². The third-order valence-electron chi connectivity index (χ3n) is 3.80. The number of nitrogens with one attached hydrogen (secondary N) is 1. The zero-order valence-corrected chi connectivity index (χ0v) is 12.1. The molecule has 0 bridgehead atoms. The van der Waals surface area contributed by atoms with Crippen molar-refractivity contribution < 1.29 is 9.53 Å². The van der Waals surface area contributed by atoms with E-state index in [0.29, 0.717) is 18.2 Å². The summed E-state index contributed by atoms with van der Waals surface area (Å²) >= 11 is 0. The smallest absolute Gasteiger partial charge is 0.338 e. The molecule has 0 unspecified atom stereocenters. The summed E-state index contributed by atoms with van der Waals surface area (Å²) in [5.74, 6) is -0.268. The molecule has 21 heavy (non-hydrogen) atoms. The standard InChI is InChI=1S/C18H19NO2/c1-2-21-18(20)15-8-5-9-16(12-15)19-17-10-13-6-3-4-7-14(13)11-17/h3-9,12,17,19H,2,10-11H2,1H3. The number of carbonyl (C=O) groups is 1. The van der Waals surface area contributed by atoms with Crippen LogP contribution in [0.2, 0.25) is 0 Å². The maximum absolute atomic E-state index is 11.8. The second kappa shape index (κ2) is 6.00. The molecule has 0 spiro atoms. The molecular formula is C18H19NO2. The summed E-state index contributed by atoms with van der Waals surface area (Å²) in [5.41, 5.74) is 4.39. The van der Waals surface area contributed by atoms with E-state index in [9.17, 15) is 4.79 Å². The largest absolute Gasteiger partial charge is 0.462 e. The Morgan fingerprint density at radius 2 is 1.86 bits per heavy atom. The molecule has 0 atom stereocenters. The summed E-state index contributed by atoms with van der Waals surface area (Å²) in [5, 5.41) is 3.52. The Kier molecular flexibility index (Phi) is 3.91. The van der Waals surface area contributed by atoms with Crippen LogP contribution in [0.1, 0.15) is 28.4 Å². The summed E-state index contributed by atoms with van der Waals surface area (Å²) in [6.45, 7) is 2.21. The first kappa shape index (κ1) is 13.7. The molecule has 0 saturated heterocycles. The van der Waals surface area contributed by atoms with Gasteiger partial charge in [-0.15, -0.1) is 0 Å². The van der Waals surface area contributed by atoms with Crippen molar-refractivity contribution >= 4 is 11.7 Å². The first-order valence-electron chi connectivity index (χ1n) is 7.37. The van der Waals surface area contributed by atoms with Crippen molar-refractivity contribution in [3.8, 4) is 0 Å². The summed E-state index contributed by atoms with van der Waals surface area (Å²) in [6.07, 6.45) is 2.06. The zero-order chi connectivity index (χ0) is 14.7. The van der Waals surface area contributed by atoms with Crippen LogP contribution in [0.5, 0.6) is 0 Å². The van der Waals surface area contributed by atoms with Gasteiger partial charge in [-0.25, -0.2) is 4.79 Å². The van der Waals surface area contributed by atoms with Crippen LogP contribution in [-0.4, -0.2) is 18.6 Å². The van der Waals surface area contributed by atoms with Crippen LogP contribution in [0.15, 0.2) is 48.5 Å². The fourth-order valence-electron chi connectivity index (χ4n) is 2.85. The number of anilines is 1. The summed E-state index contributed by atoms with van der Waals surface area (Å²) < 4.78 is 5.04. The maximum atomic E-state index is 11.8. The van der Waals surface area contributed by atoms with E-state index in [0.717, 1.165) is 18.5 Å². The lowest BCUT2D eigenvalue weighted by atomic mass is 10.1. The molecule has 0 saturated carbocycles. The first-order valence-corrected chi connectivity index (χ1v) is 7.37. The van der Waals surface area contributed by atoms with E-state index in [1.54, 1.807) is 6.07 Å². The molecule has 2 aromatic rings. The molecule has 0 heterocycles. The Hall–Kier alpha value is -2.29. The van der Waals surface area contributed by atoms with Gasteiger partial charge in [0.05, 0.1) is 12.2 Å². The van der Waals surface area contributed by atoms with Crippen molar-refractivity contribution in [3.63, 3.8) is 0 Å². The number of hydrogen-bond donors (Lipinski definition) is 1. The van der Waals surface area contributed by atoms with Crippen LogP contribution in [0.4, 0.5) is 5.69 Å². The van der Waals surface area contributed by atoms with Gasteiger partial charge in [0.2, 0.25) is 0 Å². The number of benzene rings is 2. The normalized spacial score (nSPS) is 13.8. The van der Waals surface area contributed by atoms with Crippen LogP contribution in [0.25, 0.3) is 0 Å². The Morgan fingerprint density at radius 3 is 2.52 bits per heavy atom. The molecule has 0 amide bonds. The third kappa shape index (κ3) is 3.07. The van der Waals surface area contributed by atoms with Crippen LogP contribution >= 0.6 is 0 Å². The van der Waals surface area contributed by atoms with Crippen LogP contribution in [0, 0.1) is 0 Å². The fraction of sp³-hybridized carbons (Fsp3) is 0.278. The quantitative estimate of drug-likeness (QED) is 0.872.